The summed E-state index contributed by atoms with van der Waals surface area (Å²) in [4.78, 5) is 23.2. The van der Waals surface area contributed by atoms with Gasteiger partial charge in [-0.1, -0.05) is 18.2 Å². The van der Waals surface area contributed by atoms with E-state index < -0.39 is 5.91 Å². The molecular formula is C22H25N5O2. The average Bonchev–Trinajstić information content (AvgIpc) is 3.45. The molecule has 7 heteroatoms. The summed E-state index contributed by atoms with van der Waals surface area (Å²) in [5.41, 5.74) is 10.6. The van der Waals surface area contributed by atoms with Crippen molar-refractivity contribution in [2.45, 2.75) is 39.3 Å². The number of fused-ring (bicyclic) bond motifs is 1. The van der Waals surface area contributed by atoms with Crippen molar-refractivity contribution in [2.75, 3.05) is 5.32 Å². The summed E-state index contributed by atoms with van der Waals surface area (Å²) in [7, 11) is 0. The molecule has 1 fully saturated rings. The Bertz CT molecular complexity index is 1080. The van der Waals surface area contributed by atoms with Gasteiger partial charge in [-0.2, -0.15) is 5.10 Å². The number of carbonyl (C=O) groups is 2. The smallest absolute Gasteiger partial charge is 0.252 e. The average molecular weight is 391 g/mol. The summed E-state index contributed by atoms with van der Waals surface area (Å²) >= 11 is 0. The summed E-state index contributed by atoms with van der Waals surface area (Å²) in [6.07, 6.45) is 5.86. The highest BCUT2D eigenvalue weighted by Gasteiger charge is 2.29. The Hall–Kier alpha value is -3.35. The SMILES string of the molecule is CC(=O)NCc1cccc(-c2cc3c(NC(C)C4CC4)c(C(N)=O)cnn3c2)c1. The second-order valence-corrected chi connectivity index (χ2v) is 7.74. The van der Waals surface area contributed by atoms with Crippen LogP contribution in [0.5, 0.6) is 0 Å². The fourth-order valence-electron chi connectivity index (χ4n) is 3.58. The molecule has 0 radical (unpaired) electrons. The highest BCUT2D eigenvalue weighted by atomic mass is 16.1. The number of nitrogens with zero attached hydrogens (tertiary/aromatic N) is 2. The van der Waals surface area contributed by atoms with Gasteiger partial charge in [0.2, 0.25) is 5.91 Å². The molecule has 2 heterocycles. The number of rotatable bonds is 7. The van der Waals surface area contributed by atoms with Crippen LogP contribution in [0.3, 0.4) is 0 Å². The molecule has 1 aliphatic rings. The number of nitrogens with two attached hydrogens (primary N) is 1. The Morgan fingerprint density at radius 3 is 2.76 bits per heavy atom. The van der Waals surface area contributed by atoms with Crippen molar-refractivity contribution in [1.29, 1.82) is 0 Å². The first-order valence-electron chi connectivity index (χ1n) is 9.84. The van der Waals surface area contributed by atoms with E-state index in [-0.39, 0.29) is 11.9 Å². The third-order valence-corrected chi connectivity index (χ3v) is 5.41. The van der Waals surface area contributed by atoms with Crippen LogP contribution in [-0.4, -0.2) is 27.5 Å². The molecule has 29 heavy (non-hydrogen) atoms. The van der Waals surface area contributed by atoms with Gasteiger partial charge < -0.3 is 16.4 Å². The Morgan fingerprint density at radius 1 is 1.28 bits per heavy atom. The minimum atomic E-state index is -0.495. The lowest BCUT2D eigenvalue weighted by molar-refractivity contribution is -0.119. The Morgan fingerprint density at radius 2 is 2.07 bits per heavy atom. The van der Waals surface area contributed by atoms with Crippen LogP contribution in [0.25, 0.3) is 16.6 Å². The summed E-state index contributed by atoms with van der Waals surface area (Å²) in [6.45, 7) is 4.12. The lowest BCUT2D eigenvalue weighted by Crippen LogP contribution is -2.22. The van der Waals surface area contributed by atoms with Crippen LogP contribution in [0.15, 0.2) is 42.7 Å². The van der Waals surface area contributed by atoms with E-state index in [9.17, 15) is 9.59 Å². The van der Waals surface area contributed by atoms with Gasteiger partial charge in [0, 0.05) is 31.3 Å². The number of benzene rings is 1. The van der Waals surface area contributed by atoms with Gasteiger partial charge >= 0.3 is 0 Å². The van der Waals surface area contributed by atoms with Crippen LogP contribution in [-0.2, 0) is 11.3 Å². The fraction of sp³-hybridized carbons (Fsp3) is 0.318. The standard InChI is InChI=1S/C22H25N5O2/c1-13(16-6-7-16)26-21-19(22(23)29)11-25-27-12-18(9-20(21)27)17-5-3-4-15(8-17)10-24-14(2)28/h3-5,8-9,11-13,16,26H,6-7,10H2,1-2H3,(H2,23,29)(H,24,28). The van der Waals surface area contributed by atoms with E-state index in [0.717, 1.165) is 27.9 Å². The zero-order chi connectivity index (χ0) is 20.5. The second-order valence-electron chi connectivity index (χ2n) is 7.74. The minimum Gasteiger partial charge on any atom is -0.380 e. The van der Waals surface area contributed by atoms with Crippen LogP contribution >= 0.6 is 0 Å². The molecule has 150 valence electrons. The third-order valence-electron chi connectivity index (χ3n) is 5.41. The van der Waals surface area contributed by atoms with Crippen molar-refractivity contribution in [3.05, 3.63) is 53.9 Å². The number of anilines is 1. The fourth-order valence-corrected chi connectivity index (χ4v) is 3.58. The van der Waals surface area contributed by atoms with E-state index in [1.165, 1.54) is 26.0 Å². The largest absolute Gasteiger partial charge is 0.380 e. The number of aromatic nitrogens is 2. The zero-order valence-electron chi connectivity index (χ0n) is 16.6. The topological polar surface area (TPSA) is 102 Å². The van der Waals surface area contributed by atoms with E-state index in [1.54, 1.807) is 4.52 Å². The number of hydrogen-bond acceptors (Lipinski definition) is 4. The predicted octanol–water partition coefficient (Wildman–Crippen LogP) is 2.95. The molecule has 0 saturated heterocycles. The van der Waals surface area contributed by atoms with E-state index >= 15 is 0 Å². The van der Waals surface area contributed by atoms with Crippen molar-refractivity contribution >= 4 is 23.0 Å². The second kappa shape index (κ2) is 7.58. The first-order chi connectivity index (χ1) is 13.9. The molecule has 0 aliphatic heterocycles. The Balaban J connectivity index is 1.73. The van der Waals surface area contributed by atoms with Crippen molar-refractivity contribution in [3.8, 4) is 11.1 Å². The monoisotopic (exact) mass is 391 g/mol. The molecule has 2 amide bonds. The van der Waals surface area contributed by atoms with E-state index in [0.29, 0.717) is 18.0 Å². The van der Waals surface area contributed by atoms with Crippen molar-refractivity contribution in [2.24, 2.45) is 11.7 Å². The lowest BCUT2D eigenvalue weighted by Gasteiger charge is -2.17. The molecular weight excluding hydrogens is 366 g/mol. The van der Waals surface area contributed by atoms with Gasteiger partial charge in [-0.25, -0.2) is 4.52 Å². The van der Waals surface area contributed by atoms with Gasteiger partial charge in [0.15, 0.2) is 0 Å². The Kier molecular flexibility index (Phi) is 4.96. The van der Waals surface area contributed by atoms with Gasteiger partial charge in [0.05, 0.1) is 23.0 Å². The van der Waals surface area contributed by atoms with Crippen LogP contribution in [0, 0.1) is 5.92 Å². The normalized spacial score (nSPS) is 14.6. The molecule has 2 aromatic heterocycles. The number of nitrogens with one attached hydrogen (secondary N) is 2. The number of carbonyl (C=O) groups excluding carboxylic acids is 2. The van der Waals surface area contributed by atoms with E-state index in [1.807, 2.05) is 36.5 Å². The van der Waals surface area contributed by atoms with Crippen molar-refractivity contribution in [1.82, 2.24) is 14.9 Å². The molecule has 1 aromatic carbocycles. The molecule has 1 aliphatic carbocycles. The molecule has 4 N–H and O–H groups in total. The highest BCUT2D eigenvalue weighted by molar-refractivity contribution is 6.02. The van der Waals surface area contributed by atoms with Crippen molar-refractivity contribution in [3.63, 3.8) is 0 Å². The number of primary amides is 1. The van der Waals surface area contributed by atoms with E-state index in [4.69, 9.17) is 5.73 Å². The van der Waals surface area contributed by atoms with Crippen LogP contribution in [0.2, 0.25) is 0 Å². The molecule has 0 bridgehead atoms. The summed E-state index contributed by atoms with van der Waals surface area (Å²) in [5.74, 6) is 0.0723. The van der Waals surface area contributed by atoms with Crippen LogP contribution in [0.4, 0.5) is 5.69 Å². The van der Waals surface area contributed by atoms with Crippen LogP contribution in [0.1, 0.15) is 42.6 Å². The quantitative estimate of drug-likeness (QED) is 0.576. The minimum absolute atomic E-state index is 0.0614. The summed E-state index contributed by atoms with van der Waals surface area (Å²) in [6, 6.07) is 10.3. The van der Waals surface area contributed by atoms with Gasteiger partial charge in [0.25, 0.3) is 5.91 Å². The van der Waals surface area contributed by atoms with Gasteiger partial charge in [-0.3, -0.25) is 9.59 Å². The molecule has 4 rings (SSSR count). The molecule has 1 atom stereocenters. The predicted molar refractivity (Wildman–Crippen MR) is 112 cm³/mol. The molecule has 3 aromatic rings. The lowest BCUT2D eigenvalue weighted by atomic mass is 10.1. The van der Waals surface area contributed by atoms with Gasteiger partial charge in [0.1, 0.15) is 0 Å². The maximum absolute atomic E-state index is 12.0. The maximum Gasteiger partial charge on any atom is 0.252 e. The first kappa shape index (κ1) is 19.0. The summed E-state index contributed by atoms with van der Waals surface area (Å²) in [5, 5.41) is 10.7. The Labute approximate surface area is 169 Å². The zero-order valence-corrected chi connectivity index (χ0v) is 16.6. The maximum atomic E-state index is 12.0. The summed E-state index contributed by atoms with van der Waals surface area (Å²) < 4.78 is 1.77. The van der Waals surface area contributed by atoms with Crippen molar-refractivity contribution < 1.29 is 9.59 Å². The molecule has 1 saturated carbocycles. The van der Waals surface area contributed by atoms with Gasteiger partial charge in [-0.15, -0.1) is 0 Å². The van der Waals surface area contributed by atoms with Gasteiger partial charge in [-0.05, 0) is 48.9 Å². The number of hydrogen-bond donors (Lipinski definition) is 3. The van der Waals surface area contributed by atoms with Crippen LogP contribution < -0.4 is 16.4 Å². The highest BCUT2D eigenvalue weighted by Crippen LogP contribution is 2.36. The molecule has 1 unspecified atom stereocenters. The molecule has 7 nitrogen and oxygen atoms in total. The van der Waals surface area contributed by atoms with E-state index in [2.05, 4.69) is 22.7 Å². The third kappa shape index (κ3) is 4.08. The number of amides is 2. The molecule has 0 spiro atoms. The first-order valence-corrected chi connectivity index (χ1v) is 9.84.